The van der Waals surface area contributed by atoms with Crippen molar-refractivity contribution in [3.63, 3.8) is 0 Å². The van der Waals surface area contributed by atoms with E-state index in [9.17, 15) is 14.7 Å². The molecule has 2 aliphatic heterocycles. The van der Waals surface area contributed by atoms with Crippen LogP contribution in [-0.2, 0) is 4.79 Å². The number of aliphatic hydroxyl groups excluding tert-OH is 1. The maximum atomic E-state index is 13.1. The van der Waals surface area contributed by atoms with Gasteiger partial charge in [-0.3, -0.25) is 9.59 Å². The molecule has 0 saturated carbocycles. The monoisotopic (exact) mass is 527 g/mol. The fourth-order valence-corrected chi connectivity index (χ4v) is 5.18. The first-order valence-electron chi connectivity index (χ1n) is 13.2. The Morgan fingerprint density at radius 2 is 1.67 bits per heavy atom. The van der Waals surface area contributed by atoms with E-state index in [0.29, 0.717) is 42.4 Å². The van der Waals surface area contributed by atoms with E-state index in [1.165, 1.54) is 0 Å². The normalized spacial score (nSPS) is 16.6. The summed E-state index contributed by atoms with van der Waals surface area (Å²) in [6.45, 7) is 3.11. The van der Waals surface area contributed by atoms with E-state index in [0.717, 1.165) is 42.4 Å². The molecule has 2 aliphatic rings. The molecule has 3 heterocycles. The highest BCUT2D eigenvalue weighted by Gasteiger charge is 2.30. The average Bonchev–Trinajstić information content (AvgIpc) is 3.67. The molecule has 9 heteroatoms. The van der Waals surface area contributed by atoms with Crippen LogP contribution in [0.5, 0.6) is 11.5 Å². The van der Waals surface area contributed by atoms with Gasteiger partial charge < -0.3 is 29.3 Å². The van der Waals surface area contributed by atoms with Crippen LogP contribution in [-0.4, -0.2) is 65.7 Å². The summed E-state index contributed by atoms with van der Waals surface area (Å²) in [6.07, 6.45) is 2.75. The van der Waals surface area contributed by atoms with E-state index >= 15 is 0 Å². The minimum atomic E-state index is -1.03. The Morgan fingerprint density at radius 1 is 0.923 bits per heavy atom. The van der Waals surface area contributed by atoms with Crippen molar-refractivity contribution in [2.45, 2.75) is 25.0 Å². The summed E-state index contributed by atoms with van der Waals surface area (Å²) in [7, 11) is 0. The predicted molar refractivity (Wildman–Crippen MR) is 144 cm³/mol. The first-order chi connectivity index (χ1) is 19.0. The van der Waals surface area contributed by atoms with E-state index in [-0.39, 0.29) is 5.56 Å². The van der Waals surface area contributed by atoms with Gasteiger partial charge in [0, 0.05) is 17.5 Å². The highest BCUT2D eigenvalue weighted by atomic mass is 16.6. The first-order valence-corrected chi connectivity index (χ1v) is 13.2. The van der Waals surface area contributed by atoms with E-state index < -0.39 is 23.8 Å². The summed E-state index contributed by atoms with van der Waals surface area (Å²) >= 11 is 0. The van der Waals surface area contributed by atoms with Crippen LogP contribution >= 0.6 is 0 Å². The lowest BCUT2D eigenvalue weighted by Crippen LogP contribution is -2.48. The molecule has 4 aromatic rings. The third-order valence-electron chi connectivity index (χ3n) is 7.30. The van der Waals surface area contributed by atoms with Crippen molar-refractivity contribution in [2.24, 2.45) is 0 Å². The zero-order valence-corrected chi connectivity index (χ0v) is 21.3. The highest BCUT2D eigenvalue weighted by molar-refractivity contribution is 6.42. The number of Topliss-reactive ketones (excluding diaryl/α,β-unsaturated/α-hetero) is 1. The summed E-state index contributed by atoms with van der Waals surface area (Å²) in [4.78, 5) is 28.4. The first kappa shape index (κ1) is 25.1. The van der Waals surface area contributed by atoms with Crippen LogP contribution in [0.1, 0.15) is 34.9 Å². The Kier molecular flexibility index (Phi) is 7.00. The summed E-state index contributed by atoms with van der Waals surface area (Å²) in [5, 5.41) is 18.8. The lowest BCUT2D eigenvalue weighted by Gasteiger charge is -2.29. The molecular weight excluding hydrogens is 498 g/mol. The Labute approximate surface area is 225 Å². The average molecular weight is 528 g/mol. The van der Waals surface area contributed by atoms with E-state index in [4.69, 9.17) is 14.0 Å². The molecule has 200 valence electrons. The van der Waals surface area contributed by atoms with Gasteiger partial charge in [0.1, 0.15) is 19.3 Å². The van der Waals surface area contributed by atoms with Gasteiger partial charge in [-0.1, -0.05) is 41.6 Å². The van der Waals surface area contributed by atoms with Crippen molar-refractivity contribution in [1.29, 1.82) is 0 Å². The van der Waals surface area contributed by atoms with Crippen molar-refractivity contribution in [3.05, 3.63) is 78.0 Å². The number of likely N-dealkylation sites (tertiary alicyclic amines) is 1. The number of aromatic nitrogens is 1. The summed E-state index contributed by atoms with van der Waals surface area (Å²) in [5.41, 5.74) is 3.41. The summed E-state index contributed by atoms with van der Waals surface area (Å²) in [5.74, 6) is -0.230. The second-order valence-corrected chi connectivity index (χ2v) is 9.92. The molecule has 1 fully saturated rings. The van der Waals surface area contributed by atoms with Crippen molar-refractivity contribution in [2.75, 3.05) is 32.8 Å². The molecule has 3 aromatic carbocycles. The third kappa shape index (κ3) is 5.36. The number of nitrogens with zero attached hydrogens (tertiary/aromatic N) is 2. The molecule has 1 saturated heterocycles. The van der Waals surface area contributed by atoms with Gasteiger partial charge in [0.05, 0.1) is 12.2 Å². The summed E-state index contributed by atoms with van der Waals surface area (Å²) < 4.78 is 16.4. The molecule has 9 nitrogen and oxygen atoms in total. The molecule has 0 aliphatic carbocycles. The number of fused-ring (bicyclic) bond motifs is 2. The molecular formula is C30H29N3O6. The number of nitrogens with one attached hydrogen (secondary N) is 1. The lowest BCUT2D eigenvalue weighted by molar-refractivity contribution is -0.118. The molecule has 6 rings (SSSR count). The van der Waals surface area contributed by atoms with E-state index in [1.807, 2.05) is 18.2 Å². The van der Waals surface area contributed by atoms with Crippen molar-refractivity contribution in [1.82, 2.24) is 15.4 Å². The topological polar surface area (TPSA) is 114 Å². The number of amides is 1. The molecule has 39 heavy (non-hydrogen) atoms. The van der Waals surface area contributed by atoms with Gasteiger partial charge in [0.15, 0.2) is 17.1 Å². The van der Waals surface area contributed by atoms with Gasteiger partial charge in [0.25, 0.3) is 5.91 Å². The van der Waals surface area contributed by atoms with Crippen LogP contribution in [0.3, 0.4) is 0 Å². The van der Waals surface area contributed by atoms with Crippen molar-refractivity contribution >= 4 is 22.7 Å². The van der Waals surface area contributed by atoms with Crippen LogP contribution in [0.25, 0.3) is 22.1 Å². The molecule has 2 N–H and O–H groups in total. The Hall–Kier alpha value is -4.21. The van der Waals surface area contributed by atoms with Crippen LogP contribution in [0.4, 0.5) is 0 Å². The standard InChI is InChI=1S/C30H29N3O6/c34-28(22-8-10-26-27(16-22)38-14-13-37-26)24(18-33-11-1-2-12-33)32-30(36)29(35)20-5-3-19(4-6-20)21-7-9-25-23(15-21)17-31-39-25/h3-10,15-17,24,28,34H,1-2,11-14,18H2,(H,32,36)/t24-,28-/m1/s1. The Bertz CT molecular complexity index is 1490. The number of carbonyl (C=O) groups is 2. The number of hydrogen-bond donors (Lipinski definition) is 2. The summed E-state index contributed by atoms with van der Waals surface area (Å²) in [6, 6.07) is 17.2. The van der Waals surface area contributed by atoms with Gasteiger partial charge in [-0.25, -0.2) is 0 Å². The minimum absolute atomic E-state index is 0.274. The number of hydrogen-bond acceptors (Lipinski definition) is 8. The maximum absolute atomic E-state index is 13.1. The molecule has 0 bridgehead atoms. The lowest BCUT2D eigenvalue weighted by atomic mass is 9.99. The van der Waals surface area contributed by atoms with Gasteiger partial charge in [-0.05, 0) is 66.9 Å². The fourth-order valence-electron chi connectivity index (χ4n) is 5.18. The van der Waals surface area contributed by atoms with Gasteiger partial charge in [-0.2, -0.15) is 0 Å². The quantitative estimate of drug-likeness (QED) is 0.263. The smallest absolute Gasteiger partial charge is 0.292 e. The van der Waals surface area contributed by atoms with Crippen LogP contribution in [0.2, 0.25) is 0 Å². The number of aliphatic hydroxyl groups is 1. The Balaban J connectivity index is 1.18. The molecule has 1 amide bonds. The van der Waals surface area contributed by atoms with Crippen molar-refractivity contribution < 1.29 is 28.7 Å². The predicted octanol–water partition coefficient (Wildman–Crippen LogP) is 3.76. The number of rotatable bonds is 8. The fraction of sp³-hybridized carbons (Fsp3) is 0.300. The van der Waals surface area contributed by atoms with Gasteiger partial charge in [0.2, 0.25) is 5.78 Å². The van der Waals surface area contributed by atoms with E-state index in [2.05, 4.69) is 15.4 Å². The molecule has 1 aromatic heterocycles. The molecule has 2 atom stereocenters. The molecule has 0 spiro atoms. The van der Waals surface area contributed by atoms with Crippen LogP contribution in [0, 0.1) is 0 Å². The second kappa shape index (κ2) is 10.9. The Morgan fingerprint density at radius 3 is 2.46 bits per heavy atom. The SMILES string of the molecule is O=C(N[C@H](CN1CCCC1)[C@H](O)c1ccc2c(c1)OCCO2)C(=O)c1ccc(-c2ccc3oncc3c2)cc1. The number of benzene rings is 3. The number of ketones is 1. The largest absolute Gasteiger partial charge is 0.486 e. The highest BCUT2D eigenvalue weighted by Crippen LogP contribution is 2.33. The molecule has 0 unspecified atom stereocenters. The van der Waals surface area contributed by atoms with Gasteiger partial charge >= 0.3 is 0 Å². The zero-order valence-electron chi connectivity index (χ0n) is 21.3. The number of ether oxygens (including phenoxy) is 2. The van der Waals surface area contributed by atoms with Crippen molar-refractivity contribution in [3.8, 4) is 22.6 Å². The zero-order chi connectivity index (χ0) is 26.8. The van der Waals surface area contributed by atoms with Crippen LogP contribution < -0.4 is 14.8 Å². The number of carbonyl (C=O) groups excluding carboxylic acids is 2. The molecule has 0 radical (unpaired) electrons. The van der Waals surface area contributed by atoms with E-state index in [1.54, 1.807) is 48.7 Å². The van der Waals surface area contributed by atoms with Gasteiger partial charge in [-0.15, -0.1) is 0 Å². The third-order valence-corrected chi connectivity index (χ3v) is 7.30. The minimum Gasteiger partial charge on any atom is -0.486 e. The maximum Gasteiger partial charge on any atom is 0.292 e. The van der Waals surface area contributed by atoms with Crippen LogP contribution in [0.15, 0.2) is 71.4 Å². The second-order valence-electron chi connectivity index (χ2n) is 9.92.